The van der Waals surface area contributed by atoms with E-state index >= 15 is 0 Å². The van der Waals surface area contributed by atoms with Gasteiger partial charge in [-0.25, -0.2) is 0 Å². The van der Waals surface area contributed by atoms with E-state index in [0.717, 1.165) is 35.6 Å². The first-order chi connectivity index (χ1) is 15.7. The van der Waals surface area contributed by atoms with E-state index in [2.05, 4.69) is 48.2 Å². The van der Waals surface area contributed by atoms with Gasteiger partial charge >= 0.3 is 0 Å². The highest BCUT2D eigenvalue weighted by Crippen LogP contribution is 2.28. The predicted octanol–water partition coefficient (Wildman–Crippen LogP) is 4.90. The normalized spacial score (nSPS) is 13.9. The van der Waals surface area contributed by atoms with E-state index in [1.807, 2.05) is 30.3 Å². The molecular formula is C28H33N2O2. The van der Waals surface area contributed by atoms with Gasteiger partial charge in [0.1, 0.15) is 24.7 Å². The van der Waals surface area contributed by atoms with Gasteiger partial charge in [-0.3, -0.25) is 4.90 Å². The van der Waals surface area contributed by atoms with Crippen LogP contribution in [0.4, 0.5) is 0 Å². The van der Waals surface area contributed by atoms with Gasteiger partial charge in [-0.05, 0) is 67.2 Å². The summed E-state index contributed by atoms with van der Waals surface area (Å²) >= 11 is 0. The number of hydrogen-bond donors (Lipinski definition) is 1. The number of hydrogen-bond acceptors (Lipinski definition) is 4. The van der Waals surface area contributed by atoms with Crippen LogP contribution in [0.3, 0.4) is 0 Å². The number of nitrogens with two attached hydrogens (primary N) is 1. The first-order valence-electron chi connectivity index (χ1n) is 11.6. The van der Waals surface area contributed by atoms with Crippen LogP contribution in [0.25, 0.3) is 0 Å². The van der Waals surface area contributed by atoms with Crippen molar-refractivity contribution >= 4 is 0 Å². The van der Waals surface area contributed by atoms with Gasteiger partial charge in [0.05, 0.1) is 0 Å². The molecule has 0 atom stereocenters. The topological polar surface area (TPSA) is 47.7 Å². The molecule has 4 nitrogen and oxygen atoms in total. The van der Waals surface area contributed by atoms with Gasteiger partial charge in [0.25, 0.3) is 0 Å². The standard InChI is InChI=1S/C28H33N2O2/c1-22-17-24(9-10-26(22)20-29)18-25-11-12-27(32-21-23-7-3-2-4-8-23)19-28(25)31-16-15-30-13-5-6-14-30/h2-4,7-10,12,17,19H,5-6,13-16,18,20-21,29H2,1H3. The molecule has 167 valence electrons. The Hall–Kier alpha value is -2.82. The van der Waals surface area contributed by atoms with Gasteiger partial charge < -0.3 is 15.2 Å². The lowest BCUT2D eigenvalue weighted by atomic mass is 9.99. The molecule has 4 heteroatoms. The second-order valence-corrected chi connectivity index (χ2v) is 8.49. The number of aryl methyl sites for hydroxylation is 1. The molecule has 0 aliphatic carbocycles. The van der Waals surface area contributed by atoms with Gasteiger partial charge in [0.15, 0.2) is 0 Å². The molecule has 1 saturated heterocycles. The third kappa shape index (κ3) is 6.12. The molecule has 1 heterocycles. The Kier molecular flexibility index (Phi) is 7.81. The Balaban J connectivity index is 1.48. The van der Waals surface area contributed by atoms with Crippen molar-refractivity contribution < 1.29 is 9.47 Å². The second kappa shape index (κ2) is 11.2. The molecule has 0 spiro atoms. The zero-order chi connectivity index (χ0) is 22.2. The molecule has 2 N–H and O–H groups in total. The second-order valence-electron chi connectivity index (χ2n) is 8.49. The molecule has 0 amide bonds. The van der Waals surface area contributed by atoms with E-state index < -0.39 is 0 Å². The lowest BCUT2D eigenvalue weighted by Crippen LogP contribution is -2.25. The third-order valence-corrected chi connectivity index (χ3v) is 6.08. The van der Waals surface area contributed by atoms with Crippen LogP contribution in [0.2, 0.25) is 0 Å². The van der Waals surface area contributed by atoms with Crippen molar-refractivity contribution in [2.24, 2.45) is 5.73 Å². The Morgan fingerprint density at radius 3 is 2.53 bits per heavy atom. The molecule has 1 aliphatic rings. The van der Waals surface area contributed by atoms with Gasteiger partial charge in [0, 0.05) is 31.1 Å². The summed E-state index contributed by atoms with van der Waals surface area (Å²) in [5.41, 5.74) is 11.7. The minimum Gasteiger partial charge on any atom is -0.492 e. The highest BCUT2D eigenvalue weighted by Gasteiger charge is 2.13. The molecule has 1 aliphatic heterocycles. The fraction of sp³-hybridized carbons (Fsp3) is 0.357. The smallest absolute Gasteiger partial charge is 0.127 e. The Labute approximate surface area is 192 Å². The average Bonchev–Trinajstić information content (AvgIpc) is 3.33. The van der Waals surface area contributed by atoms with E-state index in [1.54, 1.807) is 0 Å². The maximum atomic E-state index is 6.27. The minimum absolute atomic E-state index is 0.529. The molecule has 3 aromatic rings. The average molecular weight is 430 g/mol. The SMILES string of the molecule is Cc1cc(Cc2[c]cc(OCc3ccccc3)cc2OCCN2CCCC2)ccc1CN. The minimum atomic E-state index is 0.529. The Bertz CT molecular complexity index is 998. The zero-order valence-corrected chi connectivity index (χ0v) is 19.0. The molecule has 0 saturated carbocycles. The summed E-state index contributed by atoms with van der Waals surface area (Å²) in [6.45, 7) is 7.19. The van der Waals surface area contributed by atoms with Crippen LogP contribution in [0, 0.1) is 13.0 Å². The lowest BCUT2D eigenvalue weighted by Gasteiger charge is -2.18. The predicted molar refractivity (Wildman–Crippen MR) is 129 cm³/mol. The van der Waals surface area contributed by atoms with Gasteiger partial charge in [-0.1, -0.05) is 48.5 Å². The van der Waals surface area contributed by atoms with Gasteiger partial charge in [-0.15, -0.1) is 0 Å². The van der Waals surface area contributed by atoms with Crippen LogP contribution < -0.4 is 15.2 Å². The largest absolute Gasteiger partial charge is 0.492 e. The van der Waals surface area contributed by atoms with Crippen molar-refractivity contribution in [1.29, 1.82) is 0 Å². The fourth-order valence-electron chi connectivity index (χ4n) is 4.17. The Morgan fingerprint density at radius 1 is 0.969 bits per heavy atom. The molecule has 3 aromatic carbocycles. The van der Waals surface area contributed by atoms with Crippen LogP contribution in [-0.4, -0.2) is 31.1 Å². The summed E-state index contributed by atoms with van der Waals surface area (Å²) in [5, 5.41) is 0. The molecule has 1 fully saturated rings. The summed E-state index contributed by atoms with van der Waals surface area (Å²) in [5.74, 6) is 1.64. The number of benzene rings is 3. The molecular weight excluding hydrogens is 396 g/mol. The summed E-state index contributed by atoms with van der Waals surface area (Å²) in [4.78, 5) is 2.47. The molecule has 0 bridgehead atoms. The Morgan fingerprint density at radius 2 is 1.78 bits per heavy atom. The van der Waals surface area contributed by atoms with Gasteiger partial charge in [0.2, 0.25) is 0 Å². The van der Waals surface area contributed by atoms with Crippen LogP contribution in [-0.2, 0) is 19.6 Å². The van der Waals surface area contributed by atoms with E-state index in [0.29, 0.717) is 19.8 Å². The molecule has 1 radical (unpaired) electrons. The lowest BCUT2D eigenvalue weighted by molar-refractivity contribution is 0.235. The van der Waals surface area contributed by atoms with Crippen molar-refractivity contribution in [3.8, 4) is 11.5 Å². The third-order valence-electron chi connectivity index (χ3n) is 6.08. The quantitative estimate of drug-likeness (QED) is 0.498. The number of nitrogens with zero attached hydrogens (tertiary/aromatic N) is 1. The molecule has 32 heavy (non-hydrogen) atoms. The number of ether oxygens (including phenoxy) is 2. The maximum absolute atomic E-state index is 6.27. The first kappa shape index (κ1) is 22.4. The highest BCUT2D eigenvalue weighted by molar-refractivity contribution is 5.43. The summed E-state index contributed by atoms with van der Waals surface area (Å²) in [7, 11) is 0. The van der Waals surface area contributed by atoms with Gasteiger partial charge in [-0.2, -0.15) is 0 Å². The zero-order valence-electron chi connectivity index (χ0n) is 19.0. The van der Waals surface area contributed by atoms with Crippen LogP contribution in [0.5, 0.6) is 11.5 Å². The van der Waals surface area contributed by atoms with E-state index in [-0.39, 0.29) is 0 Å². The monoisotopic (exact) mass is 429 g/mol. The molecule has 0 unspecified atom stereocenters. The van der Waals surface area contributed by atoms with Crippen LogP contribution in [0.15, 0.2) is 60.7 Å². The van der Waals surface area contributed by atoms with Crippen LogP contribution >= 0.6 is 0 Å². The summed E-state index contributed by atoms with van der Waals surface area (Å²) < 4.78 is 12.3. The first-order valence-corrected chi connectivity index (χ1v) is 11.6. The highest BCUT2D eigenvalue weighted by atomic mass is 16.5. The van der Waals surface area contributed by atoms with E-state index in [9.17, 15) is 0 Å². The maximum Gasteiger partial charge on any atom is 0.127 e. The number of likely N-dealkylation sites (tertiary alicyclic amines) is 1. The van der Waals surface area contributed by atoms with E-state index in [4.69, 9.17) is 15.2 Å². The molecule has 0 aromatic heterocycles. The van der Waals surface area contributed by atoms with Crippen molar-refractivity contribution in [2.45, 2.75) is 39.3 Å². The fourth-order valence-corrected chi connectivity index (χ4v) is 4.17. The van der Waals surface area contributed by atoms with Crippen molar-refractivity contribution in [3.63, 3.8) is 0 Å². The summed E-state index contributed by atoms with van der Waals surface area (Å²) in [6, 6.07) is 24.1. The van der Waals surface area contributed by atoms with Crippen molar-refractivity contribution in [3.05, 3.63) is 94.5 Å². The van der Waals surface area contributed by atoms with Crippen molar-refractivity contribution in [1.82, 2.24) is 4.90 Å². The van der Waals surface area contributed by atoms with Crippen molar-refractivity contribution in [2.75, 3.05) is 26.2 Å². The van der Waals surface area contributed by atoms with Crippen LogP contribution in [0.1, 0.15) is 40.7 Å². The number of rotatable bonds is 10. The summed E-state index contributed by atoms with van der Waals surface area (Å²) in [6.07, 6.45) is 3.35. The van der Waals surface area contributed by atoms with E-state index in [1.165, 1.54) is 42.6 Å². The molecule has 4 rings (SSSR count).